The van der Waals surface area contributed by atoms with Gasteiger partial charge in [-0.1, -0.05) is 42.1 Å². The van der Waals surface area contributed by atoms with Crippen molar-refractivity contribution >= 4 is 23.4 Å². The zero-order valence-electron chi connectivity index (χ0n) is 14.4. The van der Waals surface area contributed by atoms with E-state index in [1.807, 2.05) is 50.2 Å². The van der Waals surface area contributed by atoms with Gasteiger partial charge in [-0.25, -0.2) is 14.4 Å². The second kappa shape index (κ2) is 8.10. The van der Waals surface area contributed by atoms with Gasteiger partial charge < -0.3 is 5.32 Å². The van der Waals surface area contributed by atoms with Gasteiger partial charge in [0.2, 0.25) is 5.91 Å². The summed E-state index contributed by atoms with van der Waals surface area (Å²) in [5, 5.41) is 2.86. The van der Waals surface area contributed by atoms with Crippen molar-refractivity contribution in [3.63, 3.8) is 0 Å². The first-order valence-electron chi connectivity index (χ1n) is 8.11. The quantitative estimate of drug-likeness (QED) is 0.524. The average Bonchev–Trinajstić information content (AvgIpc) is 2.61. The van der Waals surface area contributed by atoms with Crippen molar-refractivity contribution in [1.29, 1.82) is 0 Å². The number of anilines is 1. The molecule has 1 atom stereocenters. The lowest BCUT2D eigenvalue weighted by molar-refractivity contribution is -0.115. The minimum Gasteiger partial charge on any atom is -0.325 e. The molecule has 0 bridgehead atoms. The Morgan fingerprint density at radius 3 is 2.23 bits per heavy atom. The van der Waals surface area contributed by atoms with Crippen LogP contribution in [0.25, 0.3) is 0 Å². The zero-order chi connectivity index (χ0) is 18.5. The number of rotatable bonds is 5. The van der Waals surface area contributed by atoms with Gasteiger partial charge in [0.05, 0.1) is 0 Å². The Kier molecular flexibility index (Phi) is 5.63. The first-order valence-corrected chi connectivity index (χ1v) is 8.99. The monoisotopic (exact) mass is 367 g/mol. The van der Waals surface area contributed by atoms with Crippen molar-refractivity contribution in [3.05, 3.63) is 83.4 Å². The summed E-state index contributed by atoms with van der Waals surface area (Å²) < 4.78 is 13.1. The van der Waals surface area contributed by atoms with E-state index >= 15 is 0 Å². The number of aryl methyl sites for hydroxylation is 2. The summed E-state index contributed by atoms with van der Waals surface area (Å²) in [7, 11) is 0. The third-order valence-electron chi connectivity index (χ3n) is 3.64. The van der Waals surface area contributed by atoms with Crippen molar-refractivity contribution in [2.45, 2.75) is 24.3 Å². The number of carbonyl (C=O) groups is 1. The number of thioether (sulfide) groups is 1. The third-order valence-corrected chi connectivity index (χ3v) is 4.75. The standard InChI is InChI=1S/C20H18FN3OS/c1-13-12-14(2)23-20(22-13)26-18(15-6-4-3-5-7-15)19(25)24-17-10-8-16(21)9-11-17/h3-12,18H,1-2H3,(H,24,25). The van der Waals surface area contributed by atoms with E-state index in [9.17, 15) is 9.18 Å². The molecule has 0 saturated carbocycles. The number of carbonyl (C=O) groups excluding carboxylic acids is 1. The van der Waals surface area contributed by atoms with Crippen molar-refractivity contribution < 1.29 is 9.18 Å². The highest BCUT2D eigenvalue weighted by Crippen LogP contribution is 2.34. The van der Waals surface area contributed by atoms with Crippen LogP contribution in [0.4, 0.5) is 10.1 Å². The lowest BCUT2D eigenvalue weighted by Crippen LogP contribution is -2.19. The van der Waals surface area contributed by atoms with Gasteiger partial charge in [-0.05, 0) is 49.7 Å². The average molecular weight is 367 g/mol. The zero-order valence-corrected chi connectivity index (χ0v) is 15.3. The summed E-state index contributed by atoms with van der Waals surface area (Å²) in [6.07, 6.45) is 0. The van der Waals surface area contributed by atoms with Gasteiger partial charge in [-0.3, -0.25) is 4.79 Å². The molecule has 1 heterocycles. The number of amides is 1. The molecule has 0 saturated heterocycles. The highest BCUT2D eigenvalue weighted by molar-refractivity contribution is 8.00. The fourth-order valence-corrected chi connectivity index (χ4v) is 3.56. The van der Waals surface area contributed by atoms with Crippen LogP contribution in [0.2, 0.25) is 0 Å². The fourth-order valence-electron chi connectivity index (χ4n) is 2.49. The maximum absolute atomic E-state index is 13.1. The summed E-state index contributed by atoms with van der Waals surface area (Å²) >= 11 is 1.29. The predicted molar refractivity (Wildman–Crippen MR) is 102 cm³/mol. The second-order valence-corrected chi connectivity index (χ2v) is 6.91. The Morgan fingerprint density at radius 2 is 1.62 bits per heavy atom. The third kappa shape index (κ3) is 4.67. The summed E-state index contributed by atoms with van der Waals surface area (Å²) in [6.45, 7) is 3.80. The molecule has 3 rings (SSSR count). The summed E-state index contributed by atoms with van der Waals surface area (Å²) in [4.78, 5) is 21.7. The van der Waals surface area contributed by atoms with Crippen molar-refractivity contribution in [2.24, 2.45) is 0 Å². The van der Waals surface area contributed by atoms with Gasteiger partial charge in [0.1, 0.15) is 11.1 Å². The molecule has 2 aromatic carbocycles. The number of benzene rings is 2. The molecule has 132 valence electrons. The van der Waals surface area contributed by atoms with Gasteiger partial charge in [-0.15, -0.1) is 0 Å². The molecule has 4 nitrogen and oxygen atoms in total. The van der Waals surface area contributed by atoms with E-state index in [0.717, 1.165) is 17.0 Å². The van der Waals surface area contributed by atoms with Gasteiger partial charge in [0.15, 0.2) is 5.16 Å². The van der Waals surface area contributed by atoms with Gasteiger partial charge in [0.25, 0.3) is 0 Å². The number of aromatic nitrogens is 2. The first kappa shape index (κ1) is 18.1. The van der Waals surface area contributed by atoms with Crippen LogP contribution in [0.3, 0.4) is 0 Å². The van der Waals surface area contributed by atoms with E-state index in [2.05, 4.69) is 15.3 Å². The molecule has 0 radical (unpaired) electrons. The van der Waals surface area contributed by atoms with Gasteiger partial charge in [-0.2, -0.15) is 0 Å². The van der Waals surface area contributed by atoms with Gasteiger partial charge >= 0.3 is 0 Å². The van der Waals surface area contributed by atoms with E-state index in [0.29, 0.717) is 10.8 Å². The van der Waals surface area contributed by atoms with Crippen LogP contribution in [0, 0.1) is 19.7 Å². The Bertz CT molecular complexity index is 880. The minimum absolute atomic E-state index is 0.212. The molecule has 26 heavy (non-hydrogen) atoms. The molecule has 1 aromatic heterocycles. The normalized spacial score (nSPS) is 11.8. The molecule has 0 fully saturated rings. The van der Waals surface area contributed by atoms with E-state index in [1.54, 1.807) is 0 Å². The highest BCUT2D eigenvalue weighted by Gasteiger charge is 2.23. The predicted octanol–water partition coefficient (Wildman–Crippen LogP) is 4.70. The lowest BCUT2D eigenvalue weighted by atomic mass is 10.1. The van der Waals surface area contributed by atoms with Crippen molar-refractivity contribution in [2.75, 3.05) is 5.32 Å². The SMILES string of the molecule is Cc1cc(C)nc(SC(C(=O)Nc2ccc(F)cc2)c2ccccc2)n1. The first-order chi connectivity index (χ1) is 12.5. The van der Waals surface area contributed by atoms with Crippen LogP contribution in [-0.2, 0) is 4.79 Å². The fraction of sp³-hybridized carbons (Fsp3) is 0.150. The van der Waals surface area contributed by atoms with Crippen LogP contribution >= 0.6 is 11.8 Å². The lowest BCUT2D eigenvalue weighted by Gasteiger charge is -2.16. The maximum atomic E-state index is 13.1. The molecular weight excluding hydrogens is 349 g/mol. The van der Waals surface area contributed by atoms with Crippen molar-refractivity contribution in [3.8, 4) is 0 Å². The smallest absolute Gasteiger partial charge is 0.242 e. The highest BCUT2D eigenvalue weighted by atomic mass is 32.2. The molecule has 0 spiro atoms. The molecule has 1 N–H and O–H groups in total. The molecule has 3 aromatic rings. The molecule has 0 aliphatic heterocycles. The molecule has 1 unspecified atom stereocenters. The largest absolute Gasteiger partial charge is 0.325 e. The number of halogens is 1. The molecule has 0 aliphatic carbocycles. The van der Waals surface area contributed by atoms with Crippen LogP contribution in [-0.4, -0.2) is 15.9 Å². The summed E-state index contributed by atoms with van der Waals surface area (Å²) in [5.74, 6) is -0.559. The topological polar surface area (TPSA) is 54.9 Å². The minimum atomic E-state index is -0.526. The Hall–Kier alpha value is -2.73. The van der Waals surface area contributed by atoms with Crippen LogP contribution in [0.1, 0.15) is 22.2 Å². The van der Waals surface area contributed by atoms with Crippen molar-refractivity contribution in [1.82, 2.24) is 9.97 Å². The maximum Gasteiger partial charge on any atom is 0.242 e. The van der Waals surface area contributed by atoms with Gasteiger partial charge in [0, 0.05) is 17.1 Å². The molecule has 6 heteroatoms. The molecular formula is C20H18FN3OS. The van der Waals surface area contributed by atoms with E-state index in [-0.39, 0.29) is 11.7 Å². The van der Waals surface area contributed by atoms with Crippen LogP contribution in [0.5, 0.6) is 0 Å². The number of hydrogen-bond donors (Lipinski definition) is 1. The van der Waals surface area contributed by atoms with E-state index < -0.39 is 5.25 Å². The number of nitrogens with one attached hydrogen (secondary N) is 1. The second-order valence-electron chi connectivity index (χ2n) is 5.84. The Balaban J connectivity index is 1.87. The van der Waals surface area contributed by atoms with Crippen LogP contribution in [0.15, 0.2) is 65.8 Å². The van der Waals surface area contributed by atoms with E-state index in [4.69, 9.17) is 0 Å². The summed E-state index contributed by atoms with van der Waals surface area (Å²) in [5.41, 5.74) is 3.09. The number of hydrogen-bond acceptors (Lipinski definition) is 4. The number of nitrogens with zero attached hydrogens (tertiary/aromatic N) is 2. The Morgan fingerprint density at radius 1 is 1.00 bits per heavy atom. The molecule has 0 aliphatic rings. The van der Waals surface area contributed by atoms with E-state index in [1.165, 1.54) is 36.0 Å². The summed E-state index contributed by atoms with van der Waals surface area (Å²) in [6, 6.07) is 17.0. The Labute approximate surface area is 155 Å². The van der Waals surface area contributed by atoms with Crippen LogP contribution < -0.4 is 5.32 Å². The molecule has 1 amide bonds.